The van der Waals surface area contributed by atoms with Crippen LogP contribution in [0.1, 0.15) is 5.56 Å². The molecule has 0 unspecified atom stereocenters. The second kappa shape index (κ2) is 4.50. The number of hydrogen-bond acceptors (Lipinski definition) is 5. The van der Waals surface area contributed by atoms with E-state index in [1.54, 1.807) is 24.3 Å². The molecule has 1 aliphatic heterocycles. The number of nitrogens with two attached hydrogens (primary N) is 1. The van der Waals surface area contributed by atoms with Crippen molar-refractivity contribution in [3.8, 4) is 5.75 Å². The Morgan fingerprint density at radius 2 is 2.18 bits per heavy atom. The first-order chi connectivity index (χ1) is 8.10. The van der Waals surface area contributed by atoms with Crippen LogP contribution in [0.5, 0.6) is 5.75 Å². The maximum Gasteiger partial charge on any atom is 0.290 e. The molecule has 17 heavy (non-hydrogen) atoms. The molecule has 1 saturated heterocycles. The van der Waals surface area contributed by atoms with Crippen LogP contribution in [0.2, 0.25) is 0 Å². The zero-order valence-corrected chi connectivity index (χ0v) is 9.84. The first-order valence-electron chi connectivity index (χ1n) is 4.78. The van der Waals surface area contributed by atoms with E-state index in [1.807, 2.05) is 0 Å². The van der Waals surface area contributed by atoms with Gasteiger partial charge in [0.2, 0.25) is 0 Å². The molecule has 0 spiro atoms. The Hall–Kier alpha value is -1.95. The van der Waals surface area contributed by atoms with Crippen LogP contribution in [0.4, 0.5) is 10.5 Å². The maximum absolute atomic E-state index is 11.3. The Morgan fingerprint density at radius 3 is 2.71 bits per heavy atom. The van der Waals surface area contributed by atoms with Crippen molar-refractivity contribution in [1.29, 1.82) is 0 Å². The average Bonchev–Trinajstić information content (AvgIpc) is 2.58. The number of thioether (sulfide) groups is 1. The van der Waals surface area contributed by atoms with Gasteiger partial charge in [0.25, 0.3) is 11.1 Å². The third-order valence-corrected chi connectivity index (χ3v) is 3.00. The topological polar surface area (TPSA) is 81.4 Å². The van der Waals surface area contributed by atoms with Crippen LogP contribution in [0.15, 0.2) is 23.1 Å². The van der Waals surface area contributed by atoms with Crippen molar-refractivity contribution in [3.63, 3.8) is 0 Å². The molecule has 0 bridgehead atoms. The SMILES string of the molecule is COc1ccc(C=C2SC(=O)NC2=O)cc1N. The highest BCUT2D eigenvalue weighted by Crippen LogP contribution is 2.28. The number of carbonyl (C=O) groups is 2. The Bertz CT molecular complexity index is 525. The average molecular weight is 250 g/mol. The number of amides is 2. The molecule has 0 atom stereocenters. The van der Waals surface area contributed by atoms with E-state index in [2.05, 4.69) is 5.32 Å². The summed E-state index contributed by atoms with van der Waals surface area (Å²) in [6.45, 7) is 0. The van der Waals surface area contributed by atoms with Crippen molar-refractivity contribution in [2.75, 3.05) is 12.8 Å². The lowest BCUT2D eigenvalue weighted by Gasteiger charge is -2.04. The van der Waals surface area contributed by atoms with E-state index in [1.165, 1.54) is 7.11 Å². The lowest BCUT2D eigenvalue weighted by molar-refractivity contribution is -0.115. The highest BCUT2D eigenvalue weighted by Gasteiger charge is 2.24. The highest BCUT2D eigenvalue weighted by molar-refractivity contribution is 8.18. The standard InChI is InChI=1S/C11H10N2O3S/c1-16-8-3-2-6(4-7(8)12)5-9-10(14)13-11(15)17-9/h2-5H,12H2,1H3,(H,13,14,15). The Kier molecular flexibility index (Phi) is 3.06. The molecule has 5 nitrogen and oxygen atoms in total. The highest BCUT2D eigenvalue weighted by atomic mass is 32.2. The van der Waals surface area contributed by atoms with Crippen molar-refractivity contribution < 1.29 is 14.3 Å². The van der Waals surface area contributed by atoms with Crippen molar-refractivity contribution in [1.82, 2.24) is 5.32 Å². The van der Waals surface area contributed by atoms with Crippen molar-refractivity contribution in [2.45, 2.75) is 0 Å². The smallest absolute Gasteiger partial charge is 0.290 e. The minimum Gasteiger partial charge on any atom is -0.495 e. The summed E-state index contributed by atoms with van der Waals surface area (Å²) in [5, 5.41) is 1.83. The lowest BCUT2D eigenvalue weighted by Crippen LogP contribution is -2.17. The van der Waals surface area contributed by atoms with Gasteiger partial charge in [0, 0.05) is 0 Å². The van der Waals surface area contributed by atoms with Gasteiger partial charge in [-0.1, -0.05) is 6.07 Å². The van der Waals surface area contributed by atoms with Crippen LogP contribution in [0.3, 0.4) is 0 Å². The molecule has 3 N–H and O–H groups in total. The fraction of sp³-hybridized carbons (Fsp3) is 0.0909. The van der Waals surface area contributed by atoms with E-state index < -0.39 is 0 Å². The number of nitrogen functional groups attached to an aromatic ring is 1. The summed E-state index contributed by atoms with van der Waals surface area (Å²) in [7, 11) is 1.53. The number of rotatable bonds is 2. The van der Waals surface area contributed by atoms with Crippen LogP contribution in [0.25, 0.3) is 6.08 Å². The second-order valence-electron chi connectivity index (χ2n) is 3.35. The van der Waals surface area contributed by atoms with Gasteiger partial charge >= 0.3 is 0 Å². The fourth-order valence-corrected chi connectivity index (χ4v) is 2.10. The predicted octanol–water partition coefficient (Wildman–Crippen LogP) is 1.60. The first-order valence-corrected chi connectivity index (χ1v) is 5.60. The van der Waals surface area contributed by atoms with Gasteiger partial charge in [-0.25, -0.2) is 0 Å². The number of nitrogens with one attached hydrogen (secondary N) is 1. The minimum absolute atomic E-state index is 0.359. The van der Waals surface area contributed by atoms with Crippen molar-refractivity contribution >= 4 is 34.7 Å². The lowest BCUT2D eigenvalue weighted by atomic mass is 10.1. The van der Waals surface area contributed by atoms with Crippen molar-refractivity contribution in [3.05, 3.63) is 28.7 Å². The van der Waals surface area contributed by atoms with E-state index in [0.717, 1.165) is 17.3 Å². The van der Waals surface area contributed by atoms with E-state index in [9.17, 15) is 9.59 Å². The summed E-state index contributed by atoms with van der Waals surface area (Å²) in [6.07, 6.45) is 1.61. The van der Waals surface area contributed by atoms with Gasteiger partial charge in [0.1, 0.15) is 5.75 Å². The van der Waals surface area contributed by atoms with Crippen LogP contribution in [-0.4, -0.2) is 18.3 Å². The minimum atomic E-state index is -0.380. The summed E-state index contributed by atoms with van der Waals surface area (Å²) in [5.41, 5.74) is 6.97. The molecule has 2 amide bonds. The number of ether oxygens (including phenoxy) is 1. The molecule has 0 radical (unpaired) electrons. The predicted molar refractivity (Wildman–Crippen MR) is 66.5 cm³/mol. The molecule has 88 valence electrons. The van der Waals surface area contributed by atoms with Gasteiger partial charge in [-0.2, -0.15) is 0 Å². The molecule has 1 aromatic carbocycles. The van der Waals surface area contributed by atoms with Crippen molar-refractivity contribution in [2.24, 2.45) is 0 Å². The Labute approximate surface area is 102 Å². The third kappa shape index (κ3) is 2.42. The van der Waals surface area contributed by atoms with Crippen LogP contribution >= 0.6 is 11.8 Å². The molecule has 1 aliphatic rings. The monoisotopic (exact) mass is 250 g/mol. The fourth-order valence-electron chi connectivity index (χ4n) is 1.42. The number of methoxy groups -OCH3 is 1. The van der Waals surface area contributed by atoms with Gasteiger partial charge in [-0.15, -0.1) is 0 Å². The maximum atomic E-state index is 11.3. The largest absolute Gasteiger partial charge is 0.495 e. The van der Waals surface area contributed by atoms with Gasteiger partial charge in [-0.05, 0) is 35.5 Å². The van der Waals surface area contributed by atoms with E-state index in [4.69, 9.17) is 10.5 Å². The number of imide groups is 1. The molecule has 2 rings (SSSR count). The molecular weight excluding hydrogens is 240 g/mol. The zero-order chi connectivity index (χ0) is 12.4. The molecule has 1 heterocycles. The molecule has 1 fully saturated rings. The number of anilines is 1. The molecule has 0 aliphatic carbocycles. The second-order valence-corrected chi connectivity index (χ2v) is 4.37. The Morgan fingerprint density at radius 1 is 1.41 bits per heavy atom. The van der Waals surface area contributed by atoms with Gasteiger partial charge in [0.05, 0.1) is 17.7 Å². The molecule has 0 saturated carbocycles. The quantitative estimate of drug-likeness (QED) is 0.615. The summed E-state index contributed by atoms with van der Waals surface area (Å²) in [5.74, 6) is 0.196. The van der Waals surface area contributed by atoms with Crippen LogP contribution in [0, 0.1) is 0 Å². The van der Waals surface area contributed by atoms with Crippen LogP contribution in [-0.2, 0) is 4.79 Å². The van der Waals surface area contributed by atoms with Gasteiger partial charge in [0.15, 0.2) is 0 Å². The number of benzene rings is 1. The summed E-state index contributed by atoms with van der Waals surface area (Å²) < 4.78 is 5.02. The normalized spacial score (nSPS) is 17.4. The molecule has 0 aromatic heterocycles. The molecule has 6 heteroatoms. The van der Waals surface area contributed by atoms with Gasteiger partial charge in [-0.3, -0.25) is 14.9 Å². The molecular formula is C11H10N2O3S. The van der Waals surface area contributed by atoms with E-state index in [0.29, 0.717) is 16.3 Å². The number of hydrogen-bond donors (Lipinski definition) is 2. The summed E-state index contributed by atoms with van der Waals surface area (Å²) in [6, 6.07) is 5.16. The van der Waals surface area contributed by atoms with Crippen LogP contribution < -0.4 is 15.8 Å². The van der Waals surface area contributed by atoms with Gasteiger partial charge < -0.3 is 10.5 Å². The first kappa shape index (κ1) is 11.5. The summed E-state index contributed by atoms with van der Waals surface area (Å²) in [4.78, 5) is 22.6. The Balaban J connectivity index is 2.30. The van der Waals surface area contributed by atoms with E-state index >= 15 is 0 Å². The van der Waals surface area contributed by atoms with E-state index in [-0.39, 0.29) is 11.1 Å². The molecule has 1 aromatic rings. The zero-order valence-electron chi connectivity index (χ0n) is 9.02. The summed E-state index contributed by atoms with van der Waals surface area (Å²) >= 11 is 0.874. The third-order valence-electron chi connectivity index (χ3n) is 2.19. The number of carbonyl (C=O) groups excluding carboxylic acids is 2.